The highest BCUT2D eigenvalue weighted by molar-refractivity contribution is 6.16. The lowest BCUT2D eigenvalue weighted by molar-refractivity contribution is 1.27. The monoisotopic (exact) mass is 1610 g/mol. The van der Waals surface area contributed by atoms with Crippen LogP contribution in [0.4, 0.5) is 68.2 Å². The molecule has 0 radical (unpaired) electrons. The topological polar surface area (TPSA) is 13.0 Å². The van der Waals surface area contributed by atoms with Crippen molar-refractivity contribution in [1.82, 2.24) is 0 Å². The van der Waals surface area contributed by atoms with E-state index in [4.69, 9.17) is 0 Å². The molecular formula is C122H94N4. The van der Waals surface area contributed by atoms with Crippen LogP contribution in [0.3, 0.4) is 0 Å². The van der Waals surface area contributed by atoms with Gasteiger partial charge in [0.15, 0.2) is 0 Å². The first kappa shape index (κ1) is 78.6. The molecule has 0 aliphatic carbocycles. The number of anilines is 12. The highest BCUT2D eigenvalue weighted by atomic mass is 15.2. The Morgan fingerprint density at radius 1 is 0.167 bits per heavy atom. The zero-order valence-electron chi connectivity index (χ0n) is 71.8. The summed E-state index contributed by atoms with van der Waals surface area (Å²) in [5, 5.41) is 9.82. The fraction of sp³-hybridized carbons (Fsp3) is 0.0492. The van der Waals surface area contributed by atoms with E-state index in [1.807, 2.05) is 12.2 Å². The third-order valence-corrected chi connectivity index (χ3v) is 25.1. The Hall–Kier alpha value is -15.9. The van der Waals surface area contributed by atoms with Gasteiger partial charge in [-0.2, -0.15) is 0 Å². The summed E-state index contributed by atoms with van der Waals surface area (Å²) >= 11 is 0. The Morgan fingerprint density at radius 3 is 0.595 bits per heavy atom. The number of rotatable bonds is 21. The van der Waals surface area contributed by atoms with Crippen molar-refractivity contribution in [1.29, 1.82) is 0 Å². The number of hydrogen-bond acceptors (Lipinski definition) is 4. The normalized spacial score (nSPS) is 11.3. The van der Waals surface area contributed by atoms with E-state index < -0.39 is 0 Å². The van der Waals surface area contributed by atoms with Gasteiger partial charge in [0, 0.05) is 68.2 Å². The van der Waals surface area contributed by atoms with Gasteiger partial charge in [-0.15, -0.1) is 0 Å². The summed E-state index contributed by atoms with van der Waals surface area (Å²) in [6.45, 7) is 21.7. The highest BCUT2D eigenvalue weighted by Gasteiger charge is 2.25. The quantitative estimate of drug-likeness (QED) is 0.0711. The molecule has 20 rings (SSSR count). The van der Waals surface area contributed by atoms with Crippen molar-refractivity contribution >= 4 is 123 Å². The minimum Gasteiger partial charge on any atom is -0.311 e. The second-order valence-corrected chi connectivity index (χ2v) is 33.2. The first-order valence-corrected chi connectivity index (χ1v) is 43.5. The lowest BCUT2D eigenvalue weighted by atomic mass is 9.83. The number of aryl methyl sites for hydroxylation is 6. The van der Waals surface area contributed by atoms with Crippen LogP contribution >= 0.6 is 0 Å². The zero-order valence-corrected chi connectivity index (χ0v) is 71.8. The van der Waals surface area contributed by atoms with Gasteiger partial charge >= 0.3 is 0 Å². The number of para-hydroxylation sites is 2. The van der Waals surface area contributed by atoms with Crippen LogP contribution in [0.1, 0.15) is 44.5 Å². The number of benzene rings is 20. The minimum atomic E-state index is 1.05. The van der Waals surface area contributed by atoms with Crippen LogP contribution < -0.4 is 19.6 Å². The lowest BCUT2D eigenvalue weighted by Crippen LogP contribution is -2.10. The third kappa shape index (κ3) is 14.9. The van der Waals surface area contributed by atoms with E-state index in [9.17, 15) is 0 Å². The Morgan fingerprint density at radius 2 is 0.357 bits per heavy atom. The third-order valence-electron chi connectivity index (χ3n) is 25.1. The van der Waals surface area contributed by atoms with Gasteiger partial charge in [0.25, 0.3) is 0 Å². The molecule has 0 heterocycles. The lowest BCUT2D eigenvalue weighted by Gasteiger charge is -2.27. The van der Waals surface area contributed by atoms with Crippen LogP contribution in [0.5, 0.6) is 0 Å². The smallest absolute Gasteiger partial charge is 0.0467 e. The van der Waals surface area contributed by atoms with Gasteiger partial charge in [-0.1, -0.05) is 315 Å². The zero-order chi connectivity index (χ0) is 85.5. The maximum atomic E-state index is 4.18. The van der Waals surface area contributed by atoms with Gasteiger partial charge < -0.3 is 19.6 Å². The predicted octanol–water partition coefficient (Wildman–Crippen LogP) is 35.0. The summed E-state index contributed by atoms with van der Waals surface area (Å²) in [4.78, 5) is 9.36. The summed E-state index contributed by atoms with van der Waals surface area (Å²) in [6, 6.07) is 156. The van der Waals surface area contributed by atoms with E-state index in [2.05, 4.69) is 499 Å². The average Bonchev–Trinajstić information content (AvgIpc) is 0.736. The van der Waals surface area contributed by atoms with Gasteiger partial charge in [0.1, 0.15) is 0 Å². The number of fused-ring (bicyclic) bond motifs is 4. The molecule has 0 saturated heterocycles. The summed E-state index contributed by atoms with van der Waals surface area (Å²) in [5.41, 5.74) is 39.3. The molecule has 0 bridgehead atoms. The second kappa shape index (κ2) is 33.9. The fourth-order valence-electron chi connectivity index (χ4n) is 19.0. The van der Waals surface area contributed by atoms with E-state index in [1.54, 1.807) is 0 Å². The molecule has 4 heteroatoms. The van der Waals surface area contributed by atoms with E-state index >= 15 is 0 Å². The Bertz CT molecular complexity index is 7480. The van der Waals surface area contributed by atoms with Crippen molar-refractivity contribution < 1.29 is 0 Å². The van der Waals surface area contributed by atoms with E-state index in [-0.39, 0.29) is 0 Å². The molecule has 0 aromatic heterocycles. The van der Waals surface area contributed by atoms with Gasteiger partial charge in [-0.3, -0.25) is 0 Å². The first-order valence-electron chi connectivity index (χ1n) is 43.5. The molecular weight excluding hydrogens is 1520 g/mol. The van der Waals surface area contributed by atoms with Crippen LogP contribution in [0.15, 0.2) is 438 Å². The van der Waals surface area contributed by atoms with E-state index in [0.29, 0.717) is 0 Å². The van der Waals surface area contributed by atoms with Gasteiger partial charge in [0.2, 0.25) is 0 Å². The van der Waals surface area contributed by atoms with Crippen LogP contribution in [-0.4, -0.2) is 0 Å². The maximum Gasteiger partial charge on any atom is 0.0467 e. The molecule has 0 fully saturated rings. The molecule has 0 atom stereocenters. The van der Waals surface area contributed by atoms with Crippen LogP contribution in [0.25, 0.3) is 133 Å². The summed E-state index contributed by atoms with van der Waals surface area (Å²) in [7, 11) is 0. The Kier molecular flexibility index (Phi) is 21.1. The molecule has 0 aliphatic heterocycles. The Labute approximate surface area is 739 Å². The molecule has 0 saturated carbocycles. The van der Waals surface area contributed by atoms with Crippen molar-refractivity contribution in [3.05, 3.63) is 482 Å². The second-order valence-electron chi connectivity index (χ2n) is 33.2. The van der Waals surface area contributed by atoms with Crippen LogP contribution in [0, 0.1) is 41.5 Å². The minimum absolute atomic E-state index is 1.05. The largest absolute Gasteiger partial charge is 0.311 e. The van der Waals surface area contributed by atoms with E-state index in [0.717, 1.165) is 102 Å². The standard InChI is InChI=1S/C122H94N4/c1-9-87-27-25-33-105(79-87)125(98-61-45-82(4)46-62-98)103-71-55-93(56-72-103)117-77-85(7)121(113-41-23-19-37-109(113)117)122-86(8)78-118(110-38-20-24-42-114(110)122)94-57-73-104(74-58-94)126(106-34-26-28-88(10-2)80-106)102-65-49-90(50-66-102)89-47-63-99(64-48-89)124(96-31-15-12-16-32-96)101-69-53-92(54-70-101)116-76-84(6)120(112-40-22-18-36-108(112)116)119-83(5)75-115(107-35-17-21-39-111(107)119)91-51-67-100(68-52-91)123(95-29-13-11-14-30-95)97-59-43-81(3)44-60-97/h9-80H,1-2H2,3-8H3. The average molecular weight is 1620 g/mol. The Balaban J connectivity index is 0.570. The highest BCUT2D eigenvalue weighted by Crippen LogP contribution is 2.51. The summed E-state index contributed by atoms with van der Waals surface area (Å²) in [6.07, 6.45) is 3.83. The van der Waals surface area contributed by atoms with Crippen molar-refractivity contribution in [2.45, 2.75) is 41.5 Å². The van der Waals surface area contributed by atoms with Crippen LogP contribution in [0.2, 0.25) is 0 Å². The van der Waals surface area contributed by atoms with Gasteiger partial charge in [-0.25, -0.2) is 0 Å². The first-order chi connectivity index (χ1) is 61.9. The molecule has 0 aliphatic rings. The van der Waals surface area contributed by atoms with Crippen molar-refractivity contribution in [2.75, 3.05) is 19.6 Å². The van der Waals surface area contributed by atoms with Crippen molar-refractivity contribution in [3.63, 3.8) is 0 Å². The van der Waals surface area contributed by atoms with Gasteiger partial charge in [0.05, 0.1) is 0 Å². The summed E-state index contributed by atoms with van der Waals surface area (Å²) in [5.74, 6) is 0. The van der Waals surface area contributed by atoms with Crippen molar-refractivity contribution in [3.8, 4) is 77.9 Å². The molecule has 20 aromatic rings. The number of nitrogens with zero attached hydrogens (tertiary/aromatic N) is 4. The summed E-state index contributed by atoms with van der Waals surface area (Å²) < 4.78 is 0. The number of hydrogen-bond donors (Lipinski definition) is 0. The molecule has 126 heavy (non-hydrogen) atoms. The van der Waals surface area contributed by atoms with E-state index in [1.165, 1.54) is 132 Å². The molecule has 602 valence electrons. The SMILES string of the molecule is C=Cc1cccc(N(c2ccc(C)cc2)c2ccc(-c3cc(C)c(-c4c(C)cc(-c5ccc(N(c6ccc(-c7ccc(N(c8ccccc8)c8ccc(-c9cc(C)c(-c%10c(C)cc(-c%11ccc(N(c%12ccccc%12)c%12ccc(C)cc%12)cc%11)c%11ccccc%10%11)c%10ccccc9%10)cc8)cc7)cc6)c6cccc(C=C)c6)cc5)c5ccccc45)c4ccccc34)cc2)c1. The maximum absolute atomic E-state index is 4.18. The molecule has 0 amide bonds. The molecule has 0 N–H and O–H groups in total. The molecule has 4 nitrogen and oxygen atoms in total. The predicted molar refractivity (Wildman–Crippen MR) is 542 cm³/mol. The fourth-order valence-corrected chi connectivity index (χ4v) is 19.0. The molecule has 20 aromatic carbocycles. The molecule has 0 unspecified atom stereocenters. The molecule has 0 spiro atoms. The van der Waals surface area contributed by atoms with Gasteiger partial charge in [-0.05, 0) is 341 Å². The van der Waals surface area contributed by atoms with Crippen LogP contribution in [-0.2, 0) is 0 Å². The van der Waals surface area contributed by atoms with Crippen molar-refractivity contribution in [2.24, 2.45) is 0 Å².